The Morgan fingerprint density at radius 1 is 1.40 bits per heavy atom. The first-order chi connectivity index (χ1) is 4.27. The molecule has 1 N–H and O–H groups in total. The Morgan fingerprint density at radius 3 is 2.20 bits per heavy atom. The predicted octanol–water partition coefficient (Wildman–Crippen LogP) is 2.05. The van der Waals surface area contributed by atoms with Crippen molar-refractivity contribution < 1.29 is 4.39 Å². The minimum Gasteiger partial charge on any atom is -0.316 e. The Labute approximate surface area is 79.7 Å². The maximum absolute atomic E-state index is 13.2. The molecule has 1 nitrogen and oxygen atoms in total. The van der Waals surface area contributed by atoms with Crippen LogP contribution in [0.5, 0.6) is 0 Å². The normalized spacial score (nSPS) is 23.4. The highest BCUT2D eigenvalue weighted by atomic mass is 79.9. The van der Waals surface area contributed by atoms with Gasteiger partial charge in [-0.3, -0.25) is 0 Å². The molecule has 0 saturated carbocycles. The Bertz CT molecular complexity index is 93.7. The van der Waals surface area contributed by atoms with E-state index in [0.717, 1.165) is 13.1 Å². The Balaban J connectivity index is 0.000000810. The first kappa shape index (κ1) is 10.8. The average Bonchev–Trinajstić information content (AvgIpc) is 1.90. The molecule has 1 heterocycles. The van der Waals surface area contributed by atoms with E-state index in [0.29, 0.717) is 18.2 Å². The van der Waals surface area contributed by atoms with Crippen LogP contribution in [0.1, 0.15) is 12.8 Å². The van der Waals surface area contributed by atoms with Gasteiger partial charge in [0.25, 0.3) is 0 Å². The number of nitrogens with one attached hydrogen (secondary N) is 1. The van der Waals surface area contributed by atoms with E-state index in [-0.39, 0.29) is 17.0 Å². The molecule has 0 aromatic heterocycles. The number of halogens is 3. The smallest absolute Gasteiger partial charge is 0.123 e. The van der Waals surface area contributed by atoms with E-state index in [2.05, 4.69) is 21.2 Å². The summed E-state index contributed by atoms with van der Waals surface area (Å²) in [4.78, 5) is 0. The standard InChI is InChI=1S/C6H11BrFN.BrH/c7-5-6(8)1-3-9-4-2-6;/h9H,1-5H2;1H. The van der Waals surface area contributed by atoms with E-state index in [4.69, 9.17) is 0 Å². The number of alkyl halides is 2. The number of piperidine rings is 1. The van der Waals surface area contributed by atoms with Crippen molar-refractivity contribution in [3.63, 3.8) is 0 Å². The molecule has 0 aromatic carbocycles. The molecule has 10 heavy (non-hydrogen) atoms. The molecule has 1 fully saturated rings. The molecular weight excluding hydrogens is 265 g/mol. The number of rotatable bonds is 1. The summed E-state index contributed by atoms with van der Waals surface area (Å²) in [5, 5.41) is 3.60. The van der Waals surface area contributed by atoms with Crippen LogP contribution in [0, 0.1) is 0 Å². The minimum absolute atomic E-state index is 0. The second-order valence-corrected chi connectivity index (χ2v) is 3.10. The molecular formula is C6H12Br2FN. The molecule has 1 aliphatic heterocycles. The minimum atomic E-state index is -0.925. The zero-order valence-electron chi connectivity index (χ0n) is 5.70. The SMILES string of the molecule is Br.FC1(CBr)CCNCC1. The van der Waals surface area contributed by atoms with Crippen LogP contribution in [0.15, 0.2) is 0 Å². The van der Waals surface area contributed by atoms with Crippen molar-refractivity contribution in [2.75, 3.05) is 18.4 Å². The fourth-order valence-corrected chi connectivity index (χ4v) is 1.57. The third-order valence-corrected chi connectivity index (χ3v) is 2.74. The lowest BCUT2D eigenvalue weighted by atomic mass is 9.97. The lowest BCUT2D eigenvalue weighted by molar-refractivity contribution is 0.146. The highest BCUT2D eigenvalue weighted by Gasteiger charge is 2.29. The van der Waals surface area contributed by atoms with Gasteiger partial charge in [-0.25, -0.2) is 4.39 Å². The summed E-state index contributed by atoms with van der Waals surface area (Å²) in [5.74, 6) is 0. The fraction of sp³-hybridized carbons (Fsp3) is 1.00. The summed E-state index contributed by atoms with van der Waals surface area (Å²) in [5.41, 5.74) is -0.925. The zero-order valence-corrected chi connectivity index (χ0v) is 9.00. The van der Waals surface area contributed by atoms with Crippen molar-refractivity contribution in [2.24, 2.45) is 0 Å². The van der Waals surface area contributed by atoms with E-state index in [1.54, 1.807) is 0 Å². The number of hydrogen-bond donors (Lipinski definition) is 1. The molecule has 0 aliphatic carbocycles. The maximum atomic E-state index is 13.2. The molecule has 0 bridgehead atoms. The van der Waals surface area contributed by atoms with Crippen molar-refractivity contribution in [2.45, 2.75) is 18.5 Å². The molecule has 62 valence electrons. The molecule has 0 radical (unpaired) electrons. The second kappa shape index (κ2) is 4.67. The summed E-state index contributed by atoms with van der Waals surface area (Å²) in [6, 6.07) is 0. The van der Waals surface area contributed by atoms with Crippen LogP contribution >= 0.6 is 32.9 Å². The van der Waals surface area contributed by atoms with Crippen LogP contribution in [-0.2, 0) is 0 Å². The first-order valence-corrected chi connectivity index (χ1v) is 4.35. The van der Waals surface area contributed by atoms with Crippen LogP contribution in [0.25, 0.3) is 0 Å². The topological polar surface area (TPSA) is 12.0 Å². The summed E-state index contributed by atoms with van der Waals surface area (Å²) in [6.07, 6.45) is 1.30. The van der Waals surface area contributed by atoms with E-state index >= 15 is 0 Å². The monoisotopic (exact) mass is 275 g/mol. The van der Waals surface area contributed by atoms with E-state index in [1.807, 2.05) is 0 Å². The van der Waals surface area contributed by atoms with E-state index in [9.17, 15) is 4.39 Å². The van der Waals surface area contributed by atoms with Gasteiger partial charge in [0.15, 0.2) is 0 Å². The zero-order chi connectivity index (χ0) is 6.74. The molecule has 0 unspecified atom stereocenters. The molecule has 1 rings (SSSR count). The van der Waals surface area contributed by atoms with Gasteiger partial charge in [-0.2, -0.15) is 0 Å². The van der Waals surface area contributed by atoms with Gasteiger partial charge in [0, 0.05) is 5.33 Å². The third-order valence-electron chi connectivity index (χ3n) is 1.74. The highest BCUT2D eigenvalue weighted by molar-refractivity contribution is 9.09. The third kappa shape index (κ3) is 2.84. The lowest BCUT2D eigenvalue weighted by Gasteiger charge is -2.27. The highest BCUT2D eigenvalue weighted by Crippen LogP contribution is 2.24. The van der Waals surface area contributed by atoms with Crippen molar-refractivity contribution in [1.82, 2.24) is 5.32 Å². The van der Waals surface area contributed by atoms with Gasteiger partial charge in [0.1, 0.15) is 5.67 Å². The van der Waals surface area contributed by atoms with E-state index in [1.165, 1.54) is 0 Å². The van der Waals surface area contributed by atoms with Crippen LogP contribution in [0.4, 0.5) is 4.39 Å². The van der Waals surface area contributed by atoms with Crippen LogP contribution in [-0.4, -0.2) is 24.1 Å². The predicted molar refractivity (Wildman–Crippen MR) is 50.1 cm³/mol. The molecule has 1 aliphatic rings. The summed E-state index contributed by atoms with van der Waals surface area (Å²) in [6.45, 7) is 1.64. The van der Waals surface area contributed by atoms with Gasteiger partial charge in [0.05, 0.1) is 0 Å². The molecule has 0 amide bonds. The molecule has 0 aromatic rings. The summed E-state index contributed by atoms with van der Waals surface area (Å²) in [7, 11) is 0. The van der Waals surface area contributed by atoms with Crippen molar-refractivity contribution in [3.05, 3.63) is 0 Å². The molecule has 4 heteroatoms. The Morgan fingerprint density at radius 2 is 1.90 bits per heavy atom. The molecule has 1 saturated heterocycles. The van der Waals surface area contributed by atoms with Gasteiger partial charge in [0.2, 0.25) is 0 Å². The Hall–Kier alpha value is 0.850. The van der Waals surface area contributed by atoms with E-state index < -0.39 is 5.67 Å². The number of hydrogen-bond acceptors (Lipinski definition) is 1. The molecule has 0 spiro atoms. The van der Waals surface area contributed by atoms with Crippen LogP contribution < -0.4 is 5.32 Å². The fourth-order valence-electron chi connectivity index (χ4n) is 1.01. The van der Waals surface area contributed by atoms with Gasteiger partial charge < -0.3 is 5.32 Å². The van der Waals surface area contributed by atoms with Crippen LogP contribution in [0.2, 0.25) is 0 Å². The maximum Gasteiger partial charge on any atom is 0.123 e. The van der Waals surface area contributed by atoms with Gasteiger partial charge in [-0.15, -0.1) is 17.0 Å². The van der Waals surface area contributed by atoms with Gasteiger partial charge in [-0.1, -0.05) is 15.9 Å². The second-order valence-electron chi connectivity index (χ2n) is 2.53. The largest absolute Gasteiger partial charge is 0.316 e. The van der Waals surface area contributed by atoms with Crippen molar-refractivity contribution in [1.29, 1.82) is 0 Å². The summed E-state index contributed by atoms with van der Waals surface area (Å²) < 4.78 is 13.2. The quantitative estimate of drug-likeness (QED) is 0.723. The van der Waals surface area contributed by atoms with Gasteiger partial charge >= 0.3 is 0 Å². The van der Waals surface area contributed by atoms with Gasteiger partial charge in [-0.05, 0) is 25.9 Å². The van der Waals surface area contributed by atoms with Crippen molar-refractivity contribution >= 4 is 32.9 Å². The van der Waals surface area contributed by atoms with Crippen molar-refractivity contribution in [3.8, 4) is 0 Å². The van der Waals surface area contributed by atoms with Crippen LogP contribution in [0.3, 0.4) is 0 Å². The average molecular weight is 277 g/mol. The molecule has 0 atom stereocenters. The summed E-state index contributed by atoms with van der Waals surface area (Å²) >= 11 is 3.16. The lowest BCUT2D eigenvalue weighted by Crippen LogP contribution is -2.39. The Kier molecular flexibility index (Phi) is 5.07. The first-order valence-electron chi connectivity index (χ1n) is 3.22.